The molecule has 4 bridgehead atoms. The summed E-state index contributed by atoms with van der Waals surface area (Å²) in [5.74, 6) is 1.68. The molecule has 7 heteroatoms. The normalized spacial score (nSPS) is 27.9. The summed E-state index contributed by atoms with van der Waals surface area (Å²) in [6.07, 6.45) is 9.11. The highest BCUT2D eigenvalue weighted by molar-refractivity contribution is 6.00. The van der Waals surface area contributed by atoms with Gasteiger partial charge in [-0.25, -0.2) is 9.18 Å². The molecule has 8 rings (SSSR count). The van der Waals surface area contributed by atoms with Gasteiger partial charge in [0.15, 0.2) is 0 Å². The van der Waals surface area contributed by atoms with Crippen LogP contribution >= 0.6 is 0 Å². The highest BCUT2D eigenvalue weighted by Crippen LogP contribution is 2.55. The molecule has 0 saturated heterocycles. The maximum absolute atomic E-state index is 14.3. The Balaban J connectivity index is 1.20. The van der Waals surface area contributed by atoms with Crippen LogP contribution in [0.3, 0.4) is 0 Å². The summed E-state index contributed by atoms with van der Waals surface area (Å²) in [5, 5.41) is 3.46. The summed E-state index contributed by atoms with van der Waals surface area (Å²) in [6.45, 7) is 3.90. The van der Waals surface area contributed by atoms with Gasteiger partial charge in [0.1, 0.15) is 18.4 Å². The van der Waals surface area contributed by atoms with E-state index in [0.29, 0.717) is 0 Å². The summed E-state index contributed by atoms with van der Waals surface area (Å²) >= 11 is 0. The van der Waals surface area contributed by atoms with Crippen LogP contribution in [0.4, 0.5) is 14.9 Å². The van der Waals surface area contributed by atoms with Crippen molar-refractivity contribution in [3.63, 3.8) is 0 Å². The first kappa shape index (κ1) is 25.4. The number of hydrogen-bond donors (Lipinski definition) is 1. The Morgan fingerprint density at radius 2 is 1.55 bits per heavy atom. The summed E-state index contributed by atoms with van der Waals surface area (Å²) in [5.41, 5.74) is 3.29. The van der Waals surface area contributed by atoms with Crippen LogP contribution in [0.2, 0.25) is 0 Å². The van der Waals surface area contributed by atoms with Gasteiger partial charge in [0.25, 0.3) is 0 Å². The van der Waals surface area contributed by atoms with E-state index in [9.17, 15) is 14.0 Å². The molecular weight excluding hydrogens is 503 g/mol. The average Bonchev–Trinajstić information content (AvgIpc) is 3.40. The number of carbonyl (C=O) groups excluding carboxylic acids is 2. The number of urea groups is 1. The van der Waals surface area contributed by atoms with Gasteiger partial charge >= 0.3 is 6.03 Å². The fraction of sp³-hybridized carbons (Fsp3) is 0.455. The topological polar surface area (TPSA) is 57.6 Å². The molecule has 2 heterocycles. The lowest BCUT2D eigenvalue weighted by molar-refractivity contribution is -0.120. The van der Waals surface area contributed by atoms with Gasteiger partial charge in [0, 0.05) is 17.8 Å². The van der Waals surface area contributed by atoms with E-state index in [1.807, 2.05) is 56.4 Å². The van der Waals surface area contributed by atoms with E-state index in [1.165, 1.54) is 31.4 Å². The predicted molar refractivity (Wildman–Crippen MR) is 153 cm³/mol. The molecule has 40 heavy (non-hydrogen) atoms. The van der Waals surface area contributed by atoms with E-state index in [-0.39, 0.29) is 35.9 Å². The Morgan fingerprint density at radius 3 is 2.17 bits per heavy atom. The van der Waals surface area contributed by atoms with Crippen LogP contribution in [-0.4, -0.2) is 39.5 Å². The monoisotopic (exact) mass is 540 g/mol. The van der Waals surface area contributed by atoms with Gasteiger partial charge in [-0.1, -0.05) is 24.3 Å². The van der Waals surface area contributed by atoms with E-state index in [2.05, 4.69) is 9.88 Å². The number of nitrogens with one attached hydrogen (secondary N) is 1. The fourth-order valence-corrected chi connectivity index (χ4v) is 8.50. The number of anilines is 1. The Labute approximate surface area is 235 Å². The Morgan fingerprint density at radius 1 is 0.925 bits per heavy atom. The largest absolute Gasteiger partial charge is 0.333 e. The third-order valence-corrected chi connectivity index (χ3v) is 9.77. The number of benzene rings is 2. The second kappa shape index (κ2) is 9.50. The molecule has 6 nitrogen and oxygen atoms in total. The minimum absolute atomic E-state index is 0.0391. The lowest BCUT2D eigenvalue weighted by Gasteiger charge is -2.57. The van der Waals surface area contributed by atoms with Crippen molar-refractivity contribution in [2.45, 2.75) is 70.0 Å². The van der Waals surface area contributed by atoms with Crippen molar-refractivity contribution in [3.8, 4) is 5.69 Å². The lowest BCUT2D eigenvalue weighted by atomic mass is 9.53. The summed E-state index contributed by atoms with van der Waals surface area (Å²) in [6, 6.07) is 17.4. The first-order valence-corrected chi connectivity index (χ1v) is 14.7. The van der Waals surface area contributed by atoms with Crippen molar-refractivity contribution in [1.29, 1.82) is 0 Å². The van der Waals surface area contributed by atoms with Gasteiger partial charge in [0.2, 0.25) is 5.91 Å². The van der Waals surface area contributed by atoms with Crippen LogP contribution in [0.15, 0.2) is 66.9 Å². The number of nitrogens with zero attached hydrogens (tertiary/aromatic N) is 3. The van der Waals surface area contributed by atoms with Crippen LogP contribution in [0, 0.1) is 23.6 Å². The summed E-state index contributed by atoms with van der Waals surface area (Å²) in [4.78, 5) is 31.7. The Bertz CT molecular complexity index is 1410. The zero-order valence-corrected chi connectivity index (χ0v) is 23.2. The van der Waals surface area contributed by atoms with Crippen LogP contribution in [0.1, 0.15) is 69.7 Å². The van der Waals surface area contributed by atoms with Gasteiger partial charge in [-0.3, -0.25) is 9.69 Å². The zero-order chi connectivity index (χ0) is 27.6. The predicted octanol–water partition coefficient (Wildman–Crippen LogP) is 6.44. The van der Waals surface area contributed by atoms with Crippen LogP contribution < -0.4 is 10.2 Å². The van der Waals surface area contributed by atoms with Crippen LogP contribution in [0.25, 0.3) is 5.69 Å². The second-order valence-corrected chi connectivity index (χ2v) is 12.9. The van der Waals surface area contributed by atoms with Crippen molar-refractivity contribution in [2.75, 3.05) is 11.4 Å². The maximum Gasteiger partial charge on any atom is 0.318 e. The molecule has 208 valence electrons. The molecule has 0 spiro atoms. The Kier molecular flexibility index (Phi) is 6.02. The molecule has 1 unspecified atom stereocenters. The van der Waals surface area contributed by atoms with Crippen molar-refractivity contribution in [3.05, 3.63) is 83.9 Å². The number of para-hydroxylation sites is 2. The van der Waals surface area contributed by atoms with Crippen molar-refractivity contribution in [1.82, 2.24) is 14.8 Å². The molecule has 0 radical (unpaired) electrons. The van der Waals surface area contributed by atoms with Gasteiger partial charge in [-0.05, 0) is 112 Å². The summed E-state index contributed by atoms with van der Waals surface area (Å²) < 4.78 is 16.0. The Hall–Kier alpha value is -3.61. The summed E-state index contributed by atoms with van der Waals surface area (Å²) in [7, 11) is 0. The fourth-order valence-electron chi connectivity index (χ4n) is 8.50. The minimum atomic E-state index is -0.446. The molecule has 1 aliphatic heterocycles. The lowest BCUT2D eigenvalue weighted by Crippen LogP contribution is -2.63. The quantitative estimate of drug-likeness (QED) is 0.405. The number of rotatable bonds is 5. The SMILES string of the molecule is CC(C)N(CC(=O)N1c2ccccc2-n2cccc2C1c1ccc(F)cc1)C(=O)NC12CC3CC(CC(C3)C1)C2. The molecule has 1 N–H and O–H groups in total. The van der Waals surface area contributed by atoms with Crippen molar-refractivity contribution < 1.29 is 14.0 Å². The molecular formula is C33H37FN4O2. The second-order valence-electron chi connectivity index (χ2n) is 12.9. The van der Waals surface area contributed by atoms with E-state index >= 15 is 0 Å². The zero-order valence-electron chi connectivity index (χ0n) is 23.2. The van der Waals surface area contributed by atoms with Crippen LogP contribution in [0.5, 0.6) is 0 Å². The first-order valence-electron chi connectivity index (χ1n) is 14.7. The highest BCUT2D eigenvalue weighted by atomic mass is 19.1. The first-order chi connectivity index (χ1) is 19.3. The van der Waals surface area contributed by atoms with Crippen LogP contribution in [-0.2, 0) is 4.79 Å². The van der Waals surface area contributed by atoms with Gasteiger partial charge in [-0.2, -0.15) is 0 Å². The number of hydrogen-bond acceptors (Lipinski definition) is 2. The molecule has 4 saturated carbocycles. The van der Waals surface area contributed by atoms with Gasteiger partial charge < -0.3 is 14.8 Å². The highest BCUT2D eigenvalue weighted by Gasteiger charge is 2.52. The number of carbonyl (C=O) groups is 2. The number of amides is 3. The average molecular weight is 541 g/mol. The van der Waals surface area contributed by atoms with Crippen molar-refractivity contribution >= 4 is 17.6 Å². The van der Waals surface area contributed by atoms with E-state index < -0.39 is 6.04 Å². The number of halogens is 1. The molecule has 2 aromatic carbocycles. The molecule has 1 aromatic heterocycles. The molecule has 4 aliphatic carbocycles. The van der Waals surface area contributed by atoms with E-state index in [4.69, 9.17) is 0 Å². The molecule has 4 fully saturated rings. The van der Waals surface area contributed by atoms with Gasteiger partial charge in [-0.15, -0.1) is 0 Å². The minimum Gasteiger partial charge on any atom is -0.333 e. The number of fused-ring (bicyclic) bond motifs is 3. The third-order valence-electron chi connectivity index (χ3n) is 9.77. The van der Waals surface area contributed by atoms with Gasteiger partial charge in [0.05, 0.1) is 17.1 Å². The smallest absolute Gasteiger partial charge is 0.318 e. The molecule has 5 aliphatic rings. The maximum atomic E-state index is 14.3. The number of aromatic nitrogens is 1. The van der Waals surface area contributed by atoms with Crippen molar-refractivity contribution in [2.24, 2.45) is 17.8 Å². The van der Waals surface area contributed by atoms with E-state index in [1.54, 1.807) is 21.9 Å². The third kappa shape index (κ3) is 4.21. The molecule has 3 aromatic rings. The molecule has 1 atom stereocenters. The molecule has 3 amide bonds. The standard InChI is InChI=1S/C33H37FN4O2/c1-21(2)37(32(40)35-33-17-22-14-23(18-33)16-24(15-22)19-33)20-30(39)38-28-7-4-3-6-27(28)36-13-5-8-29(36)31(38)25-9-11-26(34)12-10-25/h3-13,21-24,31H,14-20H2,1-2H3,(H,35,40). The van der Waals surface area contributed by atoms with E-state index in [0.717, 1.165) is 59.6 Å².